The molecule has 0 amide bonds. The molecule has 0 saturated carbocycles. The number of rotatable bonds is 3. The number of likely N-dealkylation sites (tertiary alicyclic amines) is 1. The Hall–Kier alpha value is -1.56. The van der Waals surface area contributed by atoms with E-state index in [4.69, 9.17) is 11.6 Å². The van der Waals surface area contributed by atoms with E-state index < -0.39 is 9.84 Å². The number of sulfone groups is 1. The van der Waals surface area contributed by atoms with Crippen LogP contribution in [0, 0.1) is 0 Å². The molecule has 26 heavy (non-hydrogen) atoms. The Morgan fingerprint density at radius 1 is 1.00 bits per heavy atom. The van der Waals surface area contributed by atoms with E-state index in [1.54, 1.807) is 24.3 Å². The van der Waals surface area contributed by atoms with Crippen molar-refractivity contribution in [3.63, 3.8) is 0 Å². The molecule has 2 aliphatic heterocycles. The lowest BCUT2D eigenvalue weighted by Crippen LogP contribution is -2.43. The first kappa shape index (κ1) is 17.8. The highest BCUT2D eigenvalue weighted by molar-refractivity contribution is 7.91. The van der Waals surface area contributed by atoms with Crippen LogP contribution in [0.1, 0.15) is 18.4 Å². The van der Waals surface area contributed by atoms with Gasteiger partial charge in [-0.3, -0.25) is 0 Å². The van der Waals surface area contributed by atoms with Gasteiger partial charge in [0.05, 0.1) is 9.79 Å². The Morgan fingerprint density at radius 2 is 1.73 bits per heavy atom. The Kier molecular flexibility index (Phi) is 4.71. The van der Waals surface area contributed by atoms with Crippen LogP contribution in [-0.2, 0) is 16.3 Å². The lowest BCUT2D eigenvalue weighted by molar-refractivity contribution is 0.251. The number of nitrogens with zero attached hydrogens (tertiary/aromatic N) is 2. The minimum Gasteiger partial charge on any atom is -0.368 e. The Balaban J connectivity index is 1.62. The van der Waals surface area contributed by atoms with Gasteiger partial charge >= 0.3 is 0 Å². The molecule has 0 N–H and O–H groups in total. The van der Waals surface area contributed by atoms with Gasteiger partial charge in [0.15, 0.2) is 0 Å². The van der Waals surface area contributed by atoms with Gasteiger partial charge in [-0.25, -0.2) is 8.42 Å². The lowest BCUT2D eigenvalue weighted by Gasteiger charge is -2.36. The second kappa shape index (κ2) is 6.87. The molecule has 0 atom stereocenters. The molecule has 0 spiro atoms. The molecule has 2 aliphatic rings. The summed E-state index contributed by atoms with van der Waals surface area (Å²) < 4.78 is 25.9. The maximum atomic E-state index is 12.9. The van der Waals surface area contributed by atoms with Crippen LogP contribution in [0.15, 0.2) is 52.3 Å². The van der Waals surface area contributed by atoms with Crippen LogP contribution in [-0.4, -0.2) is 46.0 Å². The van der Waals surface area contributed by atoms with E-state index in [0.717, 1.165) is 31.6 Å². The summed E-state index contributed by atoms with van der Waals surface area (Å²) in [4.78, 5) is 5.44. The lowest BCUT2D eigenvalue weighted by atomic mass is 10.0. The van der Waals surface area contributed by atoms with Crippen LogP contribution >= 0.6 is 11.6 Å². The highest BCUT2D eigenvalue weighted by Crippen LogP contribution is 2.35. The molecule has 0 aromatic heterocycles. The molecule has 0 unspecified atom stereocenters. The number of piperidine rings is 1. The smallest absolute Gasteiger partial charge is 0.206 e. The maximum Gasteiger partial charge on any atom is 0.206 e. The second-order valence-electron chi connectivity index (χ2n) is 7.23. The quantitative estimate of drug-likeness (QED) is 0.802. The Morgan fingerprint density at radius 3 is 2.46 bits per heavy atom. The first-order valence-electron chi connectivity index (χ1n) is 9.04. The predicted molar refractivity (Wildman–Crippen MR) is 105 cm³/mol. The zero-order valence-electron chi connectivity index (χ0n) is 14.9. The molecule has 1 saturated heterocycles. The monoisotopic (exact) mass is 390 g/mol. The topological polar surface area (TPSA) is 40.6 Å². The van der Waals surface area contributed by atoms with Crippen LogP contribution in [0.2, 0.25) is 5.02 Å². The Bertz CT molecular complexity index is 921. The molecule has 2 aromatic rings. The van der Waals surface area contributed by atoms with E-state index in [-0.39, 0.29) is 4.90 Å². The summed E-state index contributed by atoms with van der Waals surface area (Å²) in [7, 11) is -1.37. The highest BCUT2D eigenvalue weighted by atomic mass is 35.5. The molecule has 0 aliphatic carbocycles. The third-order valence-corrected chi connectivity index (χ3v) is 7.51. The largest absolute Gasteiger partial charge is 0.368 e. The number of fused-ring (bicyclic) bond motifs is 1. The highest BCUT2D eigenvalue weighted by Gasteiger charge is 2.29. The van der Waals surface area contributed by atoms with Gasteiger partial charge in [0.25, 0.3) is 0 Å². The number of anilines is 1. The first-order chi connectivity index (χ1) is 12.4. The van der Waals surface area contributed by atoms with Crippen LogP contribution in [0.25, 0.3) is 0 Å². The fourth-order valence-corrected chi connectivity index (χ4v) is 5.64. The van der Waals surface area contributed by atoms with Crippen molar-refractivity contribution < 1.29 is 8.42 Å². The van der Waals surface area contributed by atoms with Gasteiger partial charge < -0.3 is 9.80 Å². The number of benzene rings is 2. The van der Waals surface area contributed by atoms with Crippen molar-refractivity contribution in [2.24, 2.45) is 0 Å². The molecule has 1 fully saturated rings. The van der Waals surface area contributed by atoms with Crippen LogP contribution in [0.5, 0.6) is 0 Å². The standard InChI is InChI=1S/C20H23ClN2O2S/c1-22-10-8-17(9-11-22)23-12-7-15-13-19(5-6-20(15)23)26(24,25)18-4-2-3-16(21)14-18/h2-6,13-14,17H,7-12H2,1H3. The summed E-state index contributed by atoms with van der Waals surface area (Å²) in [5.74, 6) is 0. The molecule has 138 valence electrons. The zero-order valence-corrected chi connectivity index (χ0v) is 16.4. The molecule has 6 heteroatoms. The van der Waals surface area contributed by atoms with Gasteiger partial charge in [-0.15, -0.1) is 0 Å². The number of halogens is 1. The van der Waals surface area contributed by atoms with Crippen molar-refractivity contribution in [1.82, 2.24) is 4.90 Å². The number of hydrogen-bond acceptors (Lipinski definition) is 4. The maximum absolute atomic E-state index is 12.9. The van der Waals surface area contributed by atoms with E-state index in [0.29, 0.717) is 16.0 Å². The minimum absolute atomic E-state index is 0.245. The van der Waals surface area contributed by atoms with E-state index in [9.17, 15) is 8.42 Å². The fraction of sp³-hybridized carbons (Fsp3) is 0.400. The molecular weight excluding hydrogens is 368 g/mol. The molecule has 0 radical (unpaired) electrons. The van der Waals surface area contributed by atoms with Crippen molar-refractivity contribution in [3.8, 4) is 0 Å². The molecule has 0 bridgehead atoms. The van der Waals surface area contributed by atoms with Gasteiger partial charge in [-0.1, -0.05) is 17.7 Å². The average molecular weight is 391 g/mol. The van der Waals surface area contributed by atoms with Crippen LogP contribution in [0.3, 0.4) is 0 Å². The van der Waals surface area contributed by atoms with Crippen molar-refractivity contribution in [2.45, 2.75) is 35.1 Å². The minimum atomic E-state index is -3.54. The van der Waals surface area contributed by atoms with Crippen molar-refractivity contribution in [2.75, 3.05) is 31.6 Å². The summed E-state index contributed by atoms with van der Waals surface area (Å²) in [5.41, 5.74) is 2.33. The summed E-state index contributed by atoms with van der Waals surface area (Å²) in [6, 6.07) is 12.6. The summed E-state index contributed by atoms with van der Waals surface area (Å²) in [6.45, 7) is 3.22. The average Bonchev–Trinajstić information content (AvgIpc) is 3.05. The van der Waals surface area contributed by atoms with E-state index in [1.807, 2.05) is 12.1 Å². The van der Waals surface area contributed by atoms with Crippen molar-refractivity contribution in [3.05, 3.63) is 53.1 Å². The van der Waals surface area contributed by atoms with Crippen LogP contribution in [0.4, 0.5) is 5.69 Å². The van der Waals surface area contributed by atoms with E-state index in [2.05, 4.69) is 16.8 Å². The molecule has 2 heterocycles. The molecule has 2 aromatic carbocycles. The fourth-order valence-electron chi connectivity index (χ4n) is 4.03. The van der Waals surface area contributed by atoms with Crippen molar-refractivity contribution >= 4 is 27.1 Å². The molecule has 4 rings (SSSR count). The van der Waals surface area contributed by atoms with Gasteiger partial charge in [0.1, 0.15) is 0 Å². The summed E-state index contributed by atoms with van der Waals surface area (Å²) in [5, 5.41) is 0.431. The summed E-state index contributed by atoms with van der Waals surface area (Å²) >= 11 is 5.97. The summed E-state index contributed by atoms with van der Waals surface area (Å²) in [6.07, 6.45) is 3.23. The van der Waals surface area contributed by atoms with E-state index >= 15 is 0 Å². The van der Waals surface area contributed by atoms with E-state index in [1.165, 1.54) is 24.6 Å². The predicted octanol–water partition coefficient (Wildman–Crippen LogP) is 3.63. The zero-order chi connectivity index (χ0) is 18.3. The third-order valence-electron chi connectivity index (χ3n) is 5.53. The molecule has 4 nitrogen and oxygen atoms in total. The normalized spacial score (nSPS) is 18.9. The van der Waals surface area contributed by atoms with Gasteiger partial charge in [0, 0.05) is 23.3 Å². The Labute approximate surface area is 160 Å². The van der Waals surface area contributed by atoms with Crippen molar-refractivity contribution in [1.29, 1.82) is 0 Å². The first-order valence-corrected chi connectivity index (χ1v) is 10.9. The second-order valence-corrected chi connectivity index (χ2v) is 9.62. The van der Waals surface area contributed by atoms with Gasteiger partial charge in [-0.05, 0) is 81.4 Å². The SMILES string of the molecule is CN1CCC(N2CCc3cc(S(=O)(=O)c4cccc(Cl)c4)ccc32)CC1. The van der Waals surface area contributed by atoms with Gasteiger partial charge in [0.2, 0.25) is 9.84 Å². The number of hydrogen-bond donors (Lipinski definition) is 0. The molecular formula is C20H23ClN2O2S. The van der Waals surface area contributed by atoms with Crippen LogP contribution < -0.4 is 4.90 Å². The third kappa shape index (κ3) is 3.24. The van der Waals surface area contributed by atoms with Gasteiger partial charge in [-0.2, -0.15) is 0 Å².